The second-order valence-corrected chi connectivity index (χ2v) is 19.5. The van der Waals surface area contributed by atoms with E-state index in [-0.39, 0.29) is 22.6 Å². The van der Waals surface area contributed by atoms with Crippen LogP contribution in [-0.2, 0) is 22.3 Å². The molecule has 0 aliphatic heterocycles. The molecule has 0 radical (unpaired) electrons. The van der Waals surface area contributed by atoms with Gasteiger partial charge in [0.2, 0.25) is 0 Å². The summed E-state index contributed by atoms with van der Waals surface area (Å²) < 4.78 is 25.6. The molecule has 2 unspecified atom stereocenters. The van der Waals surface area contributed by atoms with Gasteiger partial charge in [0.05, 0.1) is 11.1 Å². The van der Waals surface area contributed by atoms with E-state index in [4.69, 9.17) is 18.9 Å². The first kappa shape index (κ1) is 47.5. The van der Waals surface area contributed by atoms with Gasteiger partial charge in [-0.1, -0.05) is 60.7 Å². The number of nitrogens with one attached hydrogen (secondary N) is 2. The molecule has 7 rings (SSSR count). The van der Waals surface area contributed by atoms with Gasteiger partial charge in [0, 0.05) is 32.0 Å². The SMILES string of the molecule is C[C@H](OC(=O)c1ccc(C(=O)O[C@@H](C)C(NC(C)(C)Cc2ccc(O)cc2)Oc2ccccc2-c2cccs2)cc1)C(NC(C)(C)Cc1ccc(O)cc1)Oc1ccccc1-c1cccs1. The Kier molecular flexibility index (Phi) is 15.3. The fourth-order valence-electron chi connectivity index (χ4n) is 7.63. The maximum absolute atomic E-state index is 13.8. The Labute approximate surface area is 394 Å². The summed E-state index contributed by atoms with van der Waals surface area (Å²) in [6.45, 7) is 11.7. The minimum atomic E-state index is -0.773. The van der Waals surface area contributed by atoms with Crippen LogP contribution in [0.25, 0.3) is 20.9 Å². The van der Waals surface area contributed by atoms with Crippen LogP contribution >= 0.6 is 22.7 Å². The van der Waals surface area contributed by atoms with E-state index in [1.165, 1.54) is 0 Å². The van der Waals surface area contributed by atoms with Crippen LogP contribution in [0.5, 0.6) is 23.0 Å². The molecule has 0 saturated heterocycles. The van der Waals surface area contributed by atoms with Crippen molar-refractivity contribution in [2.45, 2.75) is 90.1 Å². The second-order valence-electron chi connectivity index (χ2n) is 17.6. The molecule has 7 aromatic rings. The summed E-state index contributed by atoms with van der Waals surface area (Å²) in [4.78, 5) is 29.7. The topological polar surface area (TPSA) is 136 Å². The number of rotatable bonds is 20. The lowest BCUT2D eigenvalue weighted by atomic mass is 9.94. The molecule has 66 heavy (non-hydrogen) atoms. The number of phenols is 2. The van der Waals surface area contributed by atoms with Gasteiger partial charge in [-0.3, -0.25) is 10.6 Å². The van der Waals surface area contributed by atoms with Crippen molar-refractivity contribution < 1.29 is 38.7 Å². The Hall–Kier alpha value is -6.44. The maximum atomic E-state index is 13.8. The number of hydrogen-bond acceptors (Lipinski definition) is 12. The molecule has 0 spiro atoms. The first-order chi connectivity index (χ1) is 31.6. The summed E-state index contributed by atoms with van der Waals surface area (Å²) in [5.74, 6) is 0.468. The summed E-state index contributed by atoms with van der Waals surface area (Å²) in [6.07, 6.45) is -1.90. The number of para-hydroxylation sites is 2. The third-order valence-corrected chi connectivity index (χ3v) is 12.7. The number of benzene rings is 5. The average molecular weight is 925 g/mol. The van der Waals surface area contributed by atoms with Crippen molar-refractivity contribution in [3.05, 3.63) is 179 Å². The van der Waals surface area contributed by atoms with Crippen molar-refractivity contribution >= 4 is 34.6 Å². The van der Waals surface area contributed by atoms with E-state index in [2.05, 4.69) is 10.6 Å². The maximum Gasteiger partial charge on any atom is 0.338 e. The van der Waals surface area contributed by atoms with Gasteiger partial charge < -0.3 is 29.2 Å². The quantitative estimate of drug-likeness (QED) is 0.0432. The number of ether oxygens (including phenoxy) is 4. The molecule has 0 amide bonds. The minimum absolute atomic E-state index is 0.192. The number of aromatic hydroxyl groups is 2. The lowest BCUT2D eigenvalue weighted by Crippen LogP contribution is -2.55. The molecule has 2 aromatic heterocycles. The molecule has 5 aromatic carbocycles. The van der Waals surface area contributed by atoms with Crippen molar-refractivity contribution in [2.24, 2.45) is 0 Å². The van der Waals surface area contributed by atoms with E-state index in [1.54, 1.807) is 85.1 Å². The zero-order chi connectivity index (χ0) is 46.8. The Morgan fingerprint density at radius 1 is 0.515 bits per heavy atom. The third-order valence-electron chi connectivity index (χ3n) is 10.9. The monoisotopic (exact) mass is 924 g/mol. The highest BCUT2D eigenvalue weighted by Crippen LogP contribution is 2.36. The van der Waals surface area contributed by atoms with Crippen LogP contribution in [0.2, 0.25) is 0 Å². The van der Waals surface area contributed by atoms with Gasteiger partial charge in [-0.2, -0.15) is 0 Å². The van der Waals surface area contributed by atoms with Gasteiger partial charge in [0.1, 0.15) is 35.2 Å². The van der Waals surface area contributed by atoms with E-state index in [0.717, 1.165) is 32.0 Å². The highest BCUT2D eigenvalue weighted by atomic mass is 32.1. The van der Waals surface area contributed by atoms with Crippen LogP contribution in [0.3, 0.4) is 0 Å². The summed E-state index contributed by atoms with van der Waals surface area (Å²) in [5.41, 5.74) is 3.28. The first-order valence-electron chi connectivity index (χ1n) is 21.8. The number of carbonyl (C=O) groups excluding carboxylic acids is 2. The molecular formula is C54H56N2O8S2. The molecule has 0 aliphatic rings. The molecule has 10 nitrogen and oxygen atoms in total. The zero-order valence-electron chi connectivity index (χ0n) is 37.9. The van der Waals surface area contributed by atoms with Gasteiger partial charge in [-0.25, -0.2) is 9.59 Å². The fourth-order valence-corrected chi connectivity index (χ4v) is 9.14. The molecule has 12 heteroatoms. The Morgan fingerprint density at radius 2 is 0.879 bits per heavy atom. The molecule has 342 valence electrons. The summed E-state index contributed by atoms with van der Waals surface area (Å²) in [7, 11) is 0. The molecular weight excluding hydrogens is 869 g/mol. The molecule has 0 aliphatic carbocycles. The molecule has 4 N–H and O–H groups in total. The zero-order valence-corrected chi connectivity index (χ0v) is 39.5. The highest BCUT2D eigenvalue weighted by molar-refractivity contribution is 7.13. The van der Waals surface area contributed by atoms with Crippen molar-refractivity contribution in [1.29, 1.82) is 0 Å². The van der Waals surface area contributed by atoms with Crippen LogP contribution in [0.15, 0.2) is 156 Å². The lowest BCUT2D eigenvalue weighted by molar-refractivity contribution is -0.0223. The van der Waals surface area contributed by atoms with Crippen molar-refractivity contribution in [2.75, 3.05) is 0 Å². The summed E-state index contributed by atoms with van der Waals surface area (Å²) >= 11 is 3.21. The average Bonchev–Trinajstić information content (AvgIpc) is 4.04. The second kappa shape index (κ2) is 21.2. The molecule has 0 fully saturated rings. The van der Waals surface area contributed by atoms with Crippen molar-refractivity contribution in [1.82, 2.24) is 10.6 Å². The minimum Gasteiger partial charge on any atom is -0.508 e. The van der Waals surface area contributed by atoms with Crippen molar-refractivity contribution in [3.8, 4) is 43.9 Å². The summed E-state index contributed by atoms with van der Waals surface area (Å²) in [6, 6.07) is 43.9. The van der Waals surface area contributed by atoms with E-state index < -0.39 is 47.7 Å². The number of thiophene rings is 2. The van der Waals surface area contributed by atoms with E-state index in [9.17, 15) is 19.8 Å². The van der Waals surface area contributed by atoms with Crippen LogP contribution in [-0.4, -0.2) is 57.9 Å². The normalized spacial score (nSPS) is 13.5. The lowest BCUT2D eigenvalue weighted by Gasteiger charge is -2.35. The Morgan fingerprint density at radius 3 is 1.23 bits per heavy atom. The van der Waals surface area contributed by atoms with Gasteiger partial charge in [0.15, 0.2) is 12.5 Å². The van der Waals surface area contributed by atoms with E-state index in [1.807, 2.05) is 136 Å². The van der Waals surface area contributed by atoms with Crippen molar-refractivity contribution in [3.63, 3.8) is 0 Å². The molecule has 0 saturated carbocycles. The number of carbonyl (C=O) groups is 2. The van der Waals surface area contributed by atoms with E-state index >= 15 is 0 Å². The predicted octanol–water partition coefficient (Wildman–Crippen LogP) is 11.7. The number of phenolic OH excluding ortho intramolecular Hbond substituents is 2. The summed E-state index contributed by atoms with van der Waals surface area (Å²) in [5, 5.41) is 30.9. The van der Waals surface area contributed by atoms with Gasteiger partial charge in [0.25, 0.3) is 0 Å². The number of esters is 2. The third kappa shape index (κ3) is 12.9. The van der Waals surface area contributed by atoms with Crippen LogP contribution in [0, 0.1) is 0 Å². The van der Waals surface area contributed by atoms with Crippen LogP contribution in [0.1, 0.15) is 73.4 Å². The van der Waals surface area contributed by atoms with Gasteiger partial charge in [-0.05, 0) is 161 Å². The van der Waals surface area contributed by atoms with E-state index in [0.29, 0.717) is 24.3 Å². The number of hydrogen-bond donors (Lipinski definition) is 4. The molecule has 4 atom stereocenters. The first-order valence-corrected chi connectivity index (χ1v) is 23.6. The molecule has 2 heterocycles. The smallest absolute Gasteiger partial charge is 0.338 e. The largest absolute Gasteiger partial charge is 0.508 e. The highest BCUT2D eigenvalue weighted by Gasteiger charge is 2.33. The fraction of sp³-hybridized carbons (Fsp3) is 0.259. The molecule has 0 bridgehead atoms. The van der Waals surface area contributed by atoms with Crippen LogP contribution in [0.4, 0.5) is 0 Å². The standard InChI is InChI=1S/C54H56N2O8S2/c1-35(49(55-53(3,4)33-37-19-27-41(57)28-20-37)63-45-15-9-7-13-43(45)47-17-11-31-65-47)61-51(59)39-23-25-40(26-24-39)52(60)62-36(2)50(56-54(5,6)34-38-21-29-42(58)30-22-38)64-46-16-10-8-14-44(46)48-18-12-32-66-48/h7-32,35-36,49-50,55-58H,33-34H2,1-6H3/t35-,36-,49?,50?/m0/s1. The van der Waals surface area contributed by atoms with Crippen LogP contribution < -0.4 is 20.1 Å². The Bertz CT molecular complexity index is 2460. The predicted molar refractivity (Wildman–Crippen MR) is 263 cm³/mol. The van der Waals surface area contributed by atoms with Gasteiger partial charge >= 0.3 is 11.9 Å². The Balaban J connectivity index is 1.05. The van der Waals surface area contributed by atoms with Gasteiger partial charge in [-0.15, -0.1) is 22.7 Å².